The van der Waals surface area contributed by atoms with Crippen molar-refractivity contribution < 1.29 is 19.1 Å². The molecule has 0 aliphatic heterocycles. The van der Waals surface area contributed by atoms with Crippen LogP contribution in [-0.4, -0.2) is 24.3 Å². The molecule has 0 atom stereocenters. The Hall–Kier alpha value is -2.95. The smallest absolute Gasteiger partial charge is 0.338 e. The van der Waals surface area contributed by atoms with Crippen LogP contribution in [0.3, 0.4) is 0 Å². The van der Waals surface area contributed by atoms with E-state index in [4.69, 9.17) is 4.74 Å². The van der Waals surface area contributed by atoms with Gasteiger partial charge in [-0.2, -0.15) is 0 Å². The number of aryl methyl sites for hydroxylation is 2. The van der Waals surface area contributed by atoms with Gasteiger partial charge in [0.2, 0.25) is 5.91 Å². The number of esters is 1. The summed E-state index contributed by atoms with van der Waals surface area (Å²) in [5.74, 6) is -0.907. The second-order valence-electron chi connectivity index (χ2n) is 5.80. The van der Waals surface area contributed by atoms with E-state index >= 15 is 0 Å². The molecule has 0 aliphatic rings. The molecule has 130 valence electrons. The molecule has 0 aliphatic carbocycles. The summed E-state index contributed by atoms with van der Waals surface area (Å²) in [7, 11) is 0. The highest BCUT2D eigenvalue weighted by atomic mass is 16.5. The maximum atomic E-state index is 12.2. The fraction of sp³-hybridized carbons (Fsp3) is 0.250. The zero-order valence-electron chi connectivity index (χ0n) is 14.6. The number of ether oxygens (including phenoxy) is 1. The third-order valence-corrected chi connectivity index (χ3v) is 3.76. The Morgan fingerprint density at radius 3 is 2.32 bits per heavy atom. The normalized spacial score (nSPS) is 10.2. The summed E-state index contributed by atoms with van der Waals surface area (Å²) < 4.78 is 5.13. The zero-order valence-corrected chi connectivity index (χ0v) is 14.6. The van der Waals surface area contributed by atoms with E-state index in [1.54, 1.807) is 37.3 Å². The van der Waals surface area contributed by atoms with Crippen molar-refractivity contribution in [3.63, 3.8) is 0 Å². The molecule has 0 unspecified atom stereocenters. The van der Waals surface area contributed by atoms with Gasteiger partial charge in [0.1, 0.15) is 0 Å². The van der Waals surface area contributed by atoms with Crippen LogP contribution in [0.2, 0.25) is 0 Å². The molecule has 5 nitrogen and oxygen atoms in total. The lowest BCUT2D eigenvalue weighted by Gasteiger charge is -2.08. The molecule has 1 N–H and O–H groups in total. The van der Waals surface area contributed by atoms with Gasteiger partial charge >= 0.3 is 5.97 Å². The molecule has 0 spiro atoms. The van der Waals surface area contributed by atoms with Gasteiger partial charge < -0.3 is 10.1 Å². The Labute approximate surface area is 147 Å². The number of Topliss-reactive ketones (excluding diaryl/α,β-unsaturated/α-hetero) is 1. The topological polar surface area (TPSA) is 72.5 Å². The number of hydrogen-bond acceptors (Lipinski definition) is 4. The van der Waals surface area contributed by atoms with E-state index in [1.165, 1.54) is 0 Å². The zero-order chi connectivity index (χ0) is 18.4. The third-order valence-electron chi connectivity index (χ3n) is 3.76. The standard InChI is InChI=1S/C20H21NO4/c1-4-19(23)21-16-9-7-15(8-10-16)18(22)12-25-20(24)17-11-13(2)5-6-14(17)3/h5-11H,4,12H2,1-3H3,(H,21,23). The number of amides is 1. The van der Waals surface area contributed by atoms with Crippen molar-refractivity contribution in [3.8, 4) is 0 Å². The molecular weight excluding hydrogens is 318 g/mol. The first-order chi connectivity index (χ1) is 11.9. The number of ketones is 1. The number of rotatable bonds is 6. The van der Waals surface area contributed by atoms with Crippen LogP contribution in [0.4, 0.5) is 5.69 Å². The van der Waals surface area contributed by atoms with E-state index in [9.17, 15) is 14.4 Å². The van der Waals surface area contributed by atoms with Gasteiger partial charge in [-0.05, 0) is 49.7 Å². The maximum absolute atomic E-state index is 12.2. The van der Waals surface area contributed by atoms with E-state index in [-0.39, 0.29) is 18.3 Å². The van der Waals surface area contributed by atoms with E-state index in [1.807, 2.05) is 26.0 Å². The van der Waals surface area contributed by atoms with E-state index in [0.29, 0.717) is 23.2 Å². The van der Waals surface area contributed by atoms with Gasteiger partial charge in [0.15, 0.2) is 12.4 Å². The highest BCUT2D eigenvalue weighted by molar-refractivity contribution is 6.00. The van der Waals surface area contributed by atoms with Gasteiger partial charge in [-0.1, -0.05) is 24.6 Å². The average molecular weight is 339 g/mol. The van der Waals surface area contributed by atoms with Crippen molar-refractivity contribution >= 4 is 23.3 Å². The molecule has 2 aromatic rings. The molecule has 0 saturated heterocycles. The van der Waals surface area contributed by atoms with Gasteiger partial charge in [-0.25, -0.2) is 4.79 Å². The summed E-state index contributed by atoms with van der Waals surface area (Å²) in [6.07, 6.45) is 0.384. The molecule has 1 amide bonds. The predicted molar refractivity (Wildman–Crippen MR) is 95.9 cm³/mol. The monoisotopic (exact) mass is 339 g/mol. The van der Waals surface area contributed by atoms with Gasteiger partial charge in [0.05, 0.1) is 5.56 Å². The molecule has 0 saturated carbocycles. The van der Waals surface area contributed by atoms with Crippen molar-refractivity contribution in [3.05, 3.63) is 64.7 Å². The van der Waals surface area contributed by atoms with E-state index in [2.05, 4.69) is 5.32 Å². The van der Waals surface area contributed by atoms with Crippen LogP contribution in [0.15, 0.2) is 42.5 Å². The Kier molecular flexibility index (Phi) is 6.06. The first-order valence-electron chi connectivity index (χ1n) is 8.08. The Morgan fingerprint density at radius 1 is 1.00 bits per heavy atom. The van der Waals surface area contributed by atoms with Crippen LogP contribution in [0.5, 0.6) is 0 Å². The van der Waals surface area contributed by atoms with Crippen molar-refractivity contribution in [2.24, 2.45) is 0 Å². The van der Waals surface area contributed by atoms with E-state index < -0.39 is 5.97 Å². The summed E-state index contributed by atoms with van der Waals surface area (Å²) in [6.45, 7) is 5.14. The van der Waals surface area contributed by atoms with Gasteiger partial charge in [0, 0.05) is 17.7 Å². The largest absolute Gasteiger partial charge is 0.454 e. The van der Waals surface area contributed by atoms with Crippen molar-refractivity contribution in [2.75, 3.05) is 11.9 Å². The van der Waals surface area contributed by atoms with Gasteiger partial charge in [-0.15, -0.1) is 0 Å². The fourth-order valence-corrected chi connectivity index (χ4v) is 2.24. The van der Waals surface area contributed by atoms with Crippen LogP contribution in [0, 0.1) is 13.8 Å². The van der Waals surface area contributed by atoms with Gasteiger partial charge in [0.25, 0.3) is 0 Å². The minimum atomic E-state index is -0.513. The molecule has 0 aromatic heterocycles. The third kappa shape index (κ3) is 5.01. The lowest BCUT2D eigenvalue weighted by molar-refractivity contribution is -0.115. The lowest BCUT2D eigenvalue weighted by atomic mass is 10.1. The maximum Gasteiger partial charge on any atom is 0.338 e. The molecule has 0 heterocycles. The number of carbonyl (C=O) groups is 3. The highest BCUT2D eigenvalue weighted by Crippen LogP contribution is 2.13. The van der Waals surface area contributed by atoms with Crippen LogP contribution in [0.25, 0.3) is 0 Å². The molecule has 2 aromatic carbocycles. The summed E-state index contributed by atoms with van der Waals surface area (Å²) in [5, 5.41) is 2.71. The summed E-state index contributed by atoms with van der Waals surface area (Å²) >= 11 is 0. The van der Waals surface area contributed by atoms with Crippen LogP contribution < -0.4 is 5.32 Å². The summed E-state index contributed by atoms with van der Waals surface area (Å²) in [4.78, 5) is 35.6. The highest BCUT2D eigenvalue weighted by Gasteiger charge is 2.14. The summed E-state index contributed by atoms with van der Waals surface area (Å²) in [6, 6.07) is 12.0. The number of hydrogen-bond donors (Lipinski definition) is 1. The lowest BCUT2D eigenvalue weighted by Crippen LogP contribution is -2.15. The SMILES string of the molecule is CCC(=O)Nc1ccc(C(=O)COC(=O)c2cc(C)ccc2C)cc1. The minimum Gasteiger partial charge on any atom is -0.454 e. The van der Waals surface area contributed by atoms with Gasteiger partial charge in [-0.3, -0.25) is 9.59 Å². The number of anilines is 1. The number of benzene rings is 2. The Morgan fingerprint density at radius 2 is 1.68 bits per heavy atom. The quantitative estimate of drug-likeness (QED) is 0.643. The second-order valence-corrected chi connectivity index (χ2v) is 5.80. The van der Waals surface area contributed by atoms with Crippen molar-refractivity contribution in [2.45, 2.75) is 27.2 Å². The molecular formula is C20H21NO4. The Bertz CT molecular complexity index is 794. The molecule has 0 radical (unpaired) electrons. The van der Waals surface area contributed by atoms with Crippen molar-refractivity contribution in [1.29, 1.82) is 0 Å². The van der Waals surface area contributed by atoms with Crippen LogP contribution >= 0.6 is 0 Å². The second kappa shape index (κ2) is 8.24. The summed E-state index contributed by atoms with van der Waals surface area (Å²) in [5.41, 5.74) is 3.26. The van der Waals surface area contributed by atoms with E-state index in [0.717, 1.165) is 11.1 Å². The molecule has 0 bridgehead atoms. The molecule has 25 heavy (non-hydrogen) atoms. The minimum absolute atomic E-state index is 0.0958. The number of nitrogens with one attached hydrogen (secondary N) is 1. The first-order valence-corrected chi connectivity index (χ1v) is 8.08. The first kappa shape index (κ1) is 18.4. The fourth-order valence-electron chi connectivity index (χ4n) is 2.24. The number of carbonyl (C=O) groups excluding carboxylic acids is 3. The average Bonchev–Trinajstić information content (AvgIpc) is 2.61. The Balaban J connectivity index is 1.96. The molecule has 2 rings (SSSR count). The molecule has 0 fully saturated rings. The van der Waals surface area contributed by atoms with Crippen LogP contribution in [-0.2, 0) is 9.53 Å². The van der Waals surface area contributed by atoms with Crippen molar-refractivity contribution in [1.82, 2.24) is 0 Å². The van der Waals surface area contributed by atoms with Crippen LogP contribution in [0.1, 0.15) is 45.2 Å². The predicted octanol–water partition coefficient (Wildman–Crippen LogP) is 3.69. The molecule has 5 heteroatoms.